The van der Waals surface area contributed by atoms with Crippen LogP contribution in [0.1, 0.15) is 24.1 Å². The molecule has 0 radical (unpaired) electrons. The molecule has 0 amide bonds. The average molecular weight is 317 g/mol. The number of phenolic OH excluding ortho intramolecular Hbond substituents is 1. The van der Waals surface area contributed by atoms with Crippen molar-refractivity contribution in [3.63, 3.8) is 0 Å². The lowest BCUT2D eigenvalue weighted by Crippen LogP contribution is -2.18. The summed E-state index contributed by atoms with van der Waals surface area (Å²) in [5, 5.41) is 21.7. The zero-order valence-electron chi connectivity index (χ0n) is 13.5. The van der Waals surface area contributed by atoms with Crippen molar-refractivity contribution in [2.45, 2.75) is 19.5 Å². The van der Waals surface area contributed by atoms with Gasteiger partial charge in [-0.1, -0.05) is 18.2 Å². The van der Waals surface area contributed by atoms with Crippen molar-refractivity contribution in [3.8, 4) is 17.2 Å². The molecule has 0 fully saturated rings. The van der Waals surface area contributed by atoms with Crippen LogP contribution in [0.25, 0.3) is 0 Å². The Bertz CT molecular complexity index is 630. The first kappa shape index (κ1) is 17.1. The van der Waals surface area contributed by atoms with E-state index in [2.05, 4.69) is 12.2 Å². The second-order valence-electron chi connectivity index (χ2n) is 5.25. The van der Waals surface area contributed by atoms with E-state index >= 15 is 0 Å². The molecule has 2 aromatic carbocycles. The maximum absolute atomic E-state index is 9.49. The molecule has 3 N–H and O–H groups in total. The molecule has 23 heavy (non-hydrogen) atoms. The molecule has 0 spiro atoms. The summed E-state index contributed by atoms with van der Waals surface area (Å²) in [6.07, 6.45) is 0. The van der Waals surface area contributed by atoms with Gasteiger partial charge in [0.25, 0.3) is 0 Å². The Hall–Kier alpha value is -2.24. The predicted molar refractivity (Wildman–Crippen MR) is 88.9 cm³/mol. The molecule has 0 aliphatic heterocycles. The van der Waals surface area contributed by atoms with E-state index in [0.717, 1.165) is 11.1 Å². The van der Waals surface area contributed by atoms with Crippen LogP contribution in [-0.4, -0.2) is 30.5 Å². The molecule has 0 saturated carbocycles. The Labute approximate surface area is 136 Å². The molecule has 0 saturated heterocycles. The van der Waals surface area contributed by atoms with Crippen molar-refractivity contribution in [1.29, 1.82) is 0 Å². The smallest absolute Gasteiger partial charge is 0.161 e. The van der Waals surface area contributed by atoms with Crippen LogP contribution in [0.4, 0.5) is 0 Å². The zero-order valence-corrected chi connectivity index (χ0v) is 13.5. The maximum Gasteiger partial charge on any atom is 0.161 e. The van der Waals surface area contributed by atoms with Crippen LogP contribution >= 0.6 is 0 Å². The molecule has 2 rings (SSSR count). The van der Waals surface area contributed by atoms with Crippen LogP contribution in [-0.2, 0) is 6.54 Å². The van der Waals surface area contributed by atoms with Gasteiger partial charge in [-0.15, -0.1) is 0 Å². The van der Waals surface area contributed by atoms with E-state index in [1.807, 2.05) is 30.3 Å². The Morgan fingerprint density at radius 3 is 2.65 bits per heavy atom. The first-order chi connectivity index (χ1) is 11.1. The summed E-state index contributed by atoms with van der Waals surface area (Å²) in [4.78, 5) is 0. The van der Waals surface area contributed by atoms with Gasteiger partial charge in [0.15, 0.2) is 11.5 Å². The predicted octanol–water partition coefficient (Wildman–Crippen LogP) is 2.62. The number of aliphatic hydroxyl groups is 1. The van der Waals surface area contributed by atoms with E-state index in [1.54, 1.807) is 19.2 Å². The Balaban J connectivity index is 2.02. The number of hydrogen-bond acceptors (Lipinski definition) is 5. The lowest BCUT2D eigenvalue weighted by Gasteiger charge is -2.17. The zero-order chi connectivity index (χ0) is 16.7. The summed E-state index contributed by atoms with van der Waals surface area (Å²) < 4.78 is 10.8. The fraction of sp³-hybridized carbons (Fsp3) is 0.333. The number of aliphatic hydroxyl groups excluding tert-OH is 1. The highest BCUT2D eigenvalue weighted by atomic mass is 16.5. The number of aromatic hydroxyl groups is 1. The van der Waals surface area contributed by atoms with Gasteiger partial charge in [-0.25, -0.2) is 0 Å². The normalized spacial score (nSPS) is 12.0. The van der Waals surface area contributed by atoms with Crippen molar-refractivity contribution < 1.29 is 19.7 Å². The Morgan fingerprint density at radius 2 is 1.96 bits per heavy atom. The van der Waals surface area contributed by atoms with Gasteiger partial charge >= 0.3 is 0 Å². The van der Waals surface area contributed by atoms with Crippen molar-refractivity contribution in [2.75, 3.05) is 20.3 Å². The maximum atomic E-state index is 9.49. The molecular formula is C18H23NO4. The standard InChI is InChI=1S/C18H23NO4/c1-13(19-12-14-4-3-5-16(21)10-14)15-6-7-17(23-9-8-20)18(11-15)22-2/h3-7,10-11,13,19-21H,8-9,12H2,1-2H3/t13-/m1/s1. The third-order valence-corrected chi connectivity index (χ3v) is 3.56. The molecular weight excluding hydrogens is 294 g/mol. The molecule has 5 nitrogen and oxygen atoms in total. The van der Waals surface area contributed by atoms with E-state index in [4.69, 9.17) is 14.6 Å². The van der Waals surface area contributed by atoms with Crippen LogP contribution in [0.5, 0.6) is 17.2 Å². The molecule has 2 aromatic rings. The van der Waals surface area contributed by atoms with Crippen molar-refractivity contribution in [2.24, 2.45) is 0 Å². The highest BCUT2D eigenvalue weighted by Crippen LogP contribution is 2.30. The van der Waals surface area contributed by atoms with E-state index in [-0.39, 0.29) is 25.0 Å². The minimum absolute atomic E-state index is 0.0349. The van der Waals surface area contributed by atoms with E-state index < -0.39 is 0 Å². The van der Waals surface area contributed by atoms with Gasteiger partial charge in [0.05, 0.1) is 13.7 Å². The van der Waals surface area contributed by atoms with Crippen LogP contribution in [0.2, 0.25) is 0 Å². The number of hydrogen-bond donors (Lipinski definition) is 3. The van der Waals surface area contributed by atoms with Gasteiger partial charge in [0.1, 0.15) is 12.4 Å². The molecule has 1 atom stereocenters. The van der Waals surface area contributed by atoms with E-state index in [1.165, 1.54) is 0 Å². The summed E-state index contributed by atoms with van der Waals surface area (Å²) in [7, 11) is 1.59. The quantitative estimate of drug-likeness (QED) is 0.698. The second-order valence-corrected chi connectivity index (χ2v) is 5.25. The topological polar surface area (TPSA) is 71.0 Å². The number of ether oxygens (including phenoxy) is 2. The molecule has 0 aromatic heterocycles. The summed E-state index contributed by atoms with van der Waals surface area (Å²) in [6.45, 7) is 2.92. The third-order valence-electron chi connectivity index (χ3n) is 3.56. The largest absolute Gasteiger partial charge is 0.508 e. The van der Waals surface area contributed by atoms with Crippen molar-refractivity contribution in [3.05, 3.63) is 53.6 Å². The minimum Gasteiger partial charge on any atom is -0.508 e. The third kappa shape index (κ3) is 4.87. The highest BCUT2D eigenvalue weighted by molar-refractivity contribution is 5.43. The lowest BCUT2D eigenvalue weighted by molar-refractivity contribution is 0.196. The van der Waals surface area contributed by atoms with Gasteiger partial charge in [-0.3, -0.25) is 0 Å². The van der Waals surface area contributed by atoms with E-state index in [9.17, 15) is 5.11 Å². The monoisotopic (exact) mass is 317 g/mol. The van der Waals surface area contributed by atoms with Crippen LogP contribution in [0.15, 0.2) is 42.5 Å². The minimum atomic E-state index is -0.0349. The highest BCUT2D eigenvalue weighted by Gasteiger charge is 2.10. The molecule has 0 unspecified atom stereocenters. The number of methoxy groups -OCH3 is 1. The molecule has 5 heteroatoms. The SMILES string of the molecule is COc1cc([C@@H](C)NCc2cccc(O)c2)ccc1OCCO. The molecule has 0 aliphatic rings. The average Bonchev–Trinajstić information content (AvgIpc) is 2.57. The molecule has 0 heterocycles. The summed E-state index contributed by atoms with van der Waals surface area (Å²) in [6, 6.07) is 13.0. The molecule has 0 aliphatic carbocycles. The van der Waals surface area contributed by atoms with Gasteiger partial charge < -0.3 is 25.0 Å². The number of rotatable bonds is 8. The fourth-order valence-electron chi connectivity index (χ4n) is 2.28. The first-order valence-electron chi connectivity index (χ1n) is 7.57. The molecule has 0 bridgehead atoms. The van der Waals surface area contributed by atoms with Crippen LogP contribution in [0.3, 0.4) is 0 Å². The second kappa shape index (κ2) is 8.41. The fourth-order valence-corrected chi connectivity index (χ4v) is 2.28. The molecule has 124 valence electrons. The van der Waals surface area contributed by atoms with Gasteiger partial charge in [-0.2, -0.15) is 0 Å². The number of nitrogens with one attached hydrogen (secondary N) is 1. The van der Waals surface area contributed by atoms with Gasteiger partial charge in [0.2, 0.25) is 0 Å². The van der Waals surface area contributed by atoms with Crippen molar-refractivity contribution >= 4 is 0 Å². The lowest BCUT2D eigenvalue weighted by atomic mass is 10.1. The summed E-state index contributed by atoms with van der Waals surface area (Å²) >= 11 is 0. The number of phenols is 1. The number of benzene rings is 2. The Morgan fingerprint density at radius 1 is 1.13 bits per heavy atom. The summed E-state index contributed by atoms with van der Waals surface area (Å²) in [5.41, 5.74) is 2.09. The van der Waals surface area contributed by atoms with Gasteiger partial charge in [0, 0.05) is 12.6 Å². The Kier molecular flexibility index (Phi) is 6.26. The van der Waals surface area contributed by atoms with Crippen LogP contribution < -0.4 is 14.8 Å². The van der Waals surface area contributed by atoms with Gasteiger partial charge in [-0.05, 0) is 42.3 Å². The van der Waals surface area contributed by atoms with Crippen molar-refractivity contribution in [1.82, 2.24) is 5.32 Å². The van der Waals surface area contributed by atoms with Crippen LogP contribution in [0, 0.1) is 0 Å². The summed E-state index contributed by atoms with van der Waals surface area (Å²) in [5.74, 6) is 1.52. The van der Waals surface area contributed by atoms with E-state index in [0.29, 0.717) is 18.0 Å². The first-order valence-corrected chi connectivity index (χ1v) is 7.57.